The smallest absolute Gasteiger partial charge is 0.726 e. The van der Waals surface area contributed by atoms with Crippen LogP contribution >= 0.6 is 0 Å². The summed E-state index contributed by atoms with van der Waals surface area (Å²) in [6, 6.07) is 0. The van der Waals surface area contributed by atoms with Crippen molar-refractivity contribution in [2.75, 3.05) is 0 Å². The molecule has 14 heavy (non-hydrogen) atoms. The van der Waals surface area contributed by atoms with Crippen molar-refractivity contribution in [3.8, 4) is 0 Å². The number of rotatable bonds is 7. The van der Waals surface area contributed by atoms with Crippen molar-refractivity contribution in [1.82, 2.24) is 0 Å². The van der Waals surface area contributed by atoms with Gasteiger partial charge in [0, 0.05) is 0 Å². The summed E-state index contributed by atoms with van der Waals surface area (Å²) in [5.41, 5.74) is 0. The van der Waals surface area contributed by atoms with Gasteiger partial charge in [-0.05, 0) is 12.8 Å². The van der Waals surface area contributed by atoms with E-state index in [0.29, 0.717) is 12.8 Å². The molecule has 0 aliphatic carbocycles. The molecule has 6 heteroatoms. The molecular formula is C8H17NaO4S. The third-order valence-electron chi connectivity index (χ3n) is 1.74. The van der Waals surface area contributed by atoms with Crippen LogP contribution in [0.3, 0.4) is 0 Å². The van der Waals surface area contributed by atoms with Crippen LogP contribution in [-0.4, -0.2) is 19.1 Å². The Bertz CT molecular complexity index is 215. The van der Waals surface area contributed by atoms with Crippen LogP contribution in [0.2, 0.25) is 0 Å². The molecule has 1 unspecified atom stereocenters. The van der Waals surface area contributed by atoms with Crippen LogP contribution in [0.15, 0.2) is 0 Å². The molecule has 0 rings (SSSR count). The summed E-state index contributed by atoms with van der Waals surface area (Å²) >= 11 is 0. The van der Waals surface area contributed by atoms with E-state index in [1.54, 1.807) is 0 Å². The number of hydrogen-bond acceptors (Lipinski definition) is 4. The van der Waals surface area contributed by atoms with E-state index in [1.807, 2.05) is 13.8 Å². The van der Waals surface area contributed by atoms with Crippen LogP contribution in [0.1, 0.15) is 46.0 Å². The fourth-order valence-corrected chi connectivity index (χ4v) is 1.69. The summed E-state index contributed by atoms with van der Waals surface area (Å²) in [7, 11) is -4.53. The summed E-state index contributed by atoms with van der Waals surface area (Å²) in [5.74, 6) is 0. The van der Waals surface area contributed by atoms with Gasteiger partial charge in [0.05, 0.1) is 6.10 Å². The maximum absolute atomic E-state index is 10.3. The second kappa shape index (κ2) is 9.12. The first kappa shape index (κ1) is 17.3. The molecule has 0 N–H and O–H groups in total. The molecule has 0 aliphatic heterocycles. The van der Waals surface area contributed by atoms with Gasteiger partial charge in [-0.25, -0.2) is 8.42 Å². The molecule has 0 saturated heterocycles. The zero-order valence-corrected chi connectivity index (χ0v) is 12.0. The zero-order chi connectivity index (χ0) is 10.3. The Morgan fingerprint density at radius 2 is 1.79 bits per heavy atom. The summed E-state index contributed by atoms with van der Waals surface area (Å²) in [6.45, 7) is 3.94. The predicted octanol–water partition coefficient (Wildman–Crippen LogP) is -1.17. The second-order valence-electron chi connectivity index (χ2n) is 3.06. The van der Waals surface area contributed by atoms with Gasteiger partial charge in [0.25, 0.3) is 0 Å². The Morgan fingerprint density at radius 3 is 2.14 bits per heavy atom. The molecule has 4 nitrogen and oxygen atoms in total. The van der Waals surface area contributed by atoms with Crippen molar-refractivity contribution in [3.05, 3.63) is 0 Å². The molecule has 0 fully saturated rings. The minimum absolute atomic E-state index is 0. The minimum atomic E-state index is -4.53. The zero-order valence-electron chi connectivity index (χ0n) is 9.15. The molecular weight excluding hydrogens is 215 g/mol. The van der Waals surface area contributed by atoms with Gasteiger partial charge in [-0.15, -0.1) is 0 Å². The Morgan fingerprint density at radius 1 is 1.21 bits per heavy atom. The van der Waals surface area contributed by atoms with Gasteiger partial charge in [-0.2, -0.15) is 0 Å². The van der Waals surface area contributed by atoms with E-state index in [4.69, 9.17) is 0 Å². The minimum Gasteiger partial charge on any atom is -0.726 e. The molecule has 0 spiro atoms. The molecule has 0 aliphatic rings. The molecule has 0 amide bonds. The number of hydrogen-bond donors (Lipinski definition) is 0. The van der Waals surface area contributed by atoms with Crippen LogP contribution in [0.4, 0.5) is 0 Å². The molecule has 0 aromatic heterocycles. The van der Waals surface area contributed by atoms with Crippen LogP contribution in [0.25, 0.3) is 0 Å². The molecule has 0 aromatic carbocycles. The van der Waals surface area contributed by atoms with Gasteiger partial charge >= 0.3 is 29.6 Å². The molecule has 0 aromatic rings. The van der Waals surface area contributed by atoms with E-state index >= 15 is 0 Å². The maximum atomic E-state index is 10.3. The largest absolute Gasteiger partial charge is 1.00 e. The Balaban J connectivity index is 0. The first-order valence-corrected chi connectivity index (χ1v) is 5.97. The first-order valence-electron chi connectivity index (χ1n) is 4.63. The van der Waals surface area contributed by atoms with Gasteiger partial charge in [0.1, 0.15) is 0 Å². The van der Waals surface area contributed by atoms with Gasteiger partial charge in [0.15, 0.2) is 0 Å². The van der Waals surface area contributed by atoms with Gasteiger partial charge < -0.3 is 4.55 Å². The summed E-state index contributed by atoms with van der Waals surface area (Å²) < 4.78 is 35.3. The van der Waals surface area contributed by atoms with E-state index in [1.165, 1.54) is 0 Å². The topological polar surface area (TPSA) is 66.4 Å². The number of unbranched alkanes of at least 4 members (excludes halogenated alkanes) is 1. The molecule has 0 saturated carbocycles. The molecule has 0 bridgehead atoms. The summed E-state index contributed by atoms with van der Waals surface area (Å²) in [6.07, 6.45) is 3.53. The quantitative estimate of drug-likeness (QED) is 0.315. The molecule has 1 atom stereocenters. The normalized spacial score (nSPS) is 13.4. The Labute approximate surface area is 109 Å². The van der Waals surface area contributed by atoms with Gasteiger partial charge in [-0.3, -0.25) is 4.18 Å². The average Bonchev–Trinajstić information content (AvgIpc) is 1.98. The van der Waals surface area contributed by atoms with Crippen LogP contribution in [-0.2, 0) is 14.6 Å². The van der Waals surface area contributed by atoms with E-state index < -0.39 is 16.5 Å². The standard InChI is InChI=1S/C8H18O4S.Na/c1-3-5-7-8(6-4-2)12-13(9,10)11;/h8H,3-7H2,1-2H3,(H,9,10,11);/q;+1/p-1. The first-order chi connectivity index (χ1) is 5.99. The SMILES string of the molecule is CCCCC(CCC)OS(=O)(=O)[O-].[Na+]. The second-order valence-corrected chi connectivity index (χ2v) is 4.07. The monoisotopic (exact) mass is 232 g/mol. The van der Waals surface area contributed by atoms with Crippen molar-refractivity contribution in [2.45, 2.75) is 52.1 Å². The molecule has 0 radical (unpaired) electrons. The van der Waals surface area contributed by atoms with Crippen LogP contribution < -0.4 is 29.6 Å². The van der Waals surface area contributed by atoms with Crippen molar-refractivity contribution < 1.29 is 46.7 Å². The van der Waals surface area contributed by atoms with E-state index in [-0.39, 0.29) is 29.6 Å². The summed E-state index contributed by atoms with van der Waals surface area (Å²) in [5, 5.41) is 0. The van der Waals surface area contributed by atoms with Gasteiger partial charge in [0.2, 0.25) is 10.4 Å². The van der Waals surface area contributed by atoms with Crippen molar-refractivity contribution in [3.63, 3.8) is 0 Å². The fraction of sp³-hybridized carbons (Fsp3) is 1.00. The van der Waals surface area contributed by atoms with Crippen LogP contribution in [0.5, 0.6) is 0 Å². The Hall–Kier alpha value is 0.870. The molecule has 0 heterocycles. The van der Waals surface area contributed by atoms with E-state index in [2.05, 4.69) is 4.18 Å². The average molecular weight is 232 g/mol. The van der Waals surface area contributed by atoms with Crippen molar-refractivity contribution in [2.24, 2.45) is 0 Å². The predicted molar refractivity (Wildman–Crippen MR) is 49.0 cm³/mol. The third kappa shape index (κ3) is 10.9. The van der Waals surface area contributed by atoms with Crippen molar-refractivity contribution in [1.29, 1.82) is 0 Å². The van der Waals surface area contributed by atoms with Crippen molar-refractivity contribution >= 4 is 10.4 Å². The molecule has 80 valence electrons. The van der Waals surface area contributed by atoms with Crippen LogP contribution in [0, 0.1) is 0 Å². The fourth-order valence-electron chi connectivity index (χ4n) is 1.16. The Kier molecular flexibility index (Phi) is 11.3. The third-order valence-corrected chi connectivity index (χ3v) is 2.25. The van der Waals surface area contributed by atoms with E-state index in [0.717, 1.165) is 19.3 Å². The van der Waals surface area contributed by atoms with E-state index in [9.17, 15) is 13.0 Å². The van der Waals surface area contributed by atoms with Gasteiger partial charge in [-0.1, -0.05) is 33.1 Å². The summed E-state index contributed by atoms with van der Waals surface area (Å²) in [4.78, 5) is 0. The maximum Gasteiger partial charge on any atom is 1.00 e.